The molecular formula is C17H16F2N2O3. The molecule has 126 valence electrons. The summed E-state index contributed by atoms with van der Waals surface area (Å²) in [4.78, 5) is 25.9. The average molecular weight is 334 g/mol. The molecule has 1 N–H and O–H groups in total. The molecule has 2 heterocycles. The van der Waals surface area contributed by atoms with Crippen molar-refractivity contribution in [2.75, 3.05) is 13.1 Å². The fourth-order valence-corrected chi connectivity index (χ4v) is 2.72. The summed E-state index contributed by atoms with van der Waals surface area (Å²) in [6.07, 6.45) is 2.51. The molecule has 1 aromatic carbocycles. The lowest BCUT2D eigenvalue weighted by Gasteiger charge is -2.31. The summed E-state index contributed by atoms with van der Waals surface area (Å²) in [5, 5.41) is 2.69. The molecule has 0 saturated carbocycles. The van der Waals surface area contributed by atoms with E-state index >= 15 is 0 Å². The molecule has 0 spiro atoms. The maximum absolute atomic E-state index is 13.6. The Bertz CT molecular complexity index is 738. The highest BCUT2D eigenvalue weighted by Gasteiger charge is 2.26. The zero-order valence-electron chi connectivity index (χ0n) is 12.8. The van der Waals surface area contributed by atoms with Crippen molar-refractivity contribution in [3.63, 3.8) is 0 Å². The van der Waals surface area contributed by atoms with Crippen LogP contribution in [0.3, 0.4) is 0 Å². The van der Waals surface area contributed by atoms with Gasteiger partial charge in [-0.2, -0.15) is 0 Å². The number of amides is 2. The first-order chi connectivity index (χ1) is 11.5. The molecule has 0 atom stereocenters. The van der Waals surface area contributed by atoms with Gasteiger partial charge in [0.2, 0.25) is 0 Å². The van der Waals surface area contributed by atoms with Crippen LogP contribution in [0.5, 0.6) is 0 Å². The van der Waals surface area contributed by atoms with E-state index in [4.69, 9.17) is 4.42 Å². The standard InChI is InChI=1S/C17H16F2N2O3/c18-11-3-4-14(19)13(10-11)16(22)20-12-5-7-21(8-6-12)17(23)15-2-1-9-24-15/h1-4,9-10,12H,5-8H2,(H,20,22). The molecule has 1 aromatic heterocycles. The Morgan fingerprint density at radius 2 is 1.92 bits per heavy atom. The monoisotopic (exact) mass is 334 g/mol. The minimum atomic E-state index is -0.765. The summed E-state index contributed by atoms with van der Waals surface area (Å²) in [5.74, 6) is -2.00. The van der Waals surface area contributed by atoms with Gasteiger partial charge in [0.25, 0.3) is 11.8 Å². The number of hydrogen-bond acceptors (Lipinski definition) is 3. The van der Waals surface area contributed by atoms with E-state index in [9.17, 15) is 18.4 Å². The van der Waals surface area contributed by atoms with Gasteiger partial charge in [0, 0.05) is 19.1 Å². The van der Waals surface area contributed by atoms with Crippen LogP contribution in [0.1, 0.15) is 33.8 Å². The van der Waals surface area contributed by atoms with Crippen molar-refractivity contribution >= 4 is 11.8 Å². The quantitative estimate of drug-likeness (QED) is 0.938. The number of nitrogens with one attached hydrogen (secondary N) is 1. The Kier molecular flexibility index (Phi) is 4.59. The van der Waals surface area contributed by atoms with E-state index in [-0.39, 0.29) is 23.3 Å². The SMILES string of the molecule is O=C(NC1CCN(C(=O)c2ccco2)CC1)c1cc(F)ccc1F. The molecule has 3 rings (SSSR count). The molecule has 1 saturated heterocycles. The van der Waals surface area contributed by atoms with Crippen molar-refractivity contribution in [3.05, 3.63) is 59.6 Å². The van der Waals surface area contributed by atoms with Gasteiger partial charge in [-0.25, -0.2) is 8.78 Å². The van der Waals surface area contributed by atoms with E-state index in [1.54, 1.807) is 17.0 Å². The third kappa shape index (κ3) is 3.45. The van der Waals surface area contributed by atoms with Gasteiger partial charge in [0.15, 0.2) is 5.76 Å². The second-order valence-corrected chi connectivity index (χ2v) is 5.64. The molecule has 2 aromatic rings. The highest BCUT2D eigenvalue weighted by Crippen LogP contribution is 2.16. The minimum Gasteiger partial charge on any atom is -0.459 e. The number of piperidine rings is 1. The highest BCUT2D eigenvalue weighted by molar-refractivity contribution is 5.94. The number of halogens is 2. The zero-order chi connectivity index (χ0) is 17.1. The summed E-state index contributed by atoms with van der Waals surface area (Å²) < 4.78 is 31.9. The average Bonchev–Trinajstić information content (AvgIpc) is 3.11. The molecule has 0 bridgehead atoms. The second kappa shape index (κ2) is 6.82. The number of nitrogens with zero attached hydrogens (tertiary/aromatic N) is 1. The van der Waals surface area contributed by atoms with E-state index in [1.807, 2.05) is 0 Å². The fourth-order valence-electron chi connectivity index (χ4n) is 2.72. The van der Waals surface area contributed by atoms with E-state index in [1.165, 1.54) is 6.26 Å². The largest absolute Gasteiger partial charge is 0.459 e. The Balaban J connectivity index is 1.56. The highest BCUT2D eigenvalue weighted by atomic mass is 19.1. The molecule has 0 radical (unpaired) electrons. The van der Waals surface area contributed by atoms with Crippen molar-refractivity contribution < 1.29 is 22.8 Å². The third-order valence-electron chi connectivity index (χ3n) is 4.02. The van der Waals surface area contributed by atoms with Crippen molar-refractivity contribution in [1.29, 1.82) is 0 Å². The van der Waals surface area contributed by atoms with Crippen molar-refractivity contribution in [3.8, 4) is 0 Å². The van der Waals surface area contributed by atoms with Crippen LogP contribution in [0.2, 0.25) is 0 Å². The van der Waals surface area contributed by atoms with Crippen LogP contribution in [0.25, 0.3) is 0 Å². The predicted octanol–water partition coefficient (Wildman–Crippen LogP) is 2.59. The second-order valence-electron chi connectivity index (χ2n) is 5.64. The Hall–Kier alpha value is -2.70. The van der Waals surface area contributed by atoms with Crippen LogP contribution < -0.4 is 5.32 Å². The van der Waals surface area contributed by atoms with Gasteiger partial charge in [-0.1, -0.05) is 0 Å². The number of hydrogen-bond donors (Lipinski definition) is 1. The number of rotatable bonds is 3. The lowest BCUT2D eigenvalue weighted by atomic mass is 10.0. The molecule has 1 fully saturated rings. The van der Waals surface area contributed by atoms with E-state index in [0.29, 0.717) is 25.9 Å². The van der Waals surface area contributed by atoms with E-state index in [0.717, 1.165) is 18.2 Å². The van der Waals surface area contributed by atoms with Crippen LogP contribution in [-0.4, -0.2) is 35.8 Å². The minimum absolute atomic E-state index is 0.194. The van der Waals surface area contributed by atoms with Crippen LogP contribution in [0.15, 0.2) is 41.0 Å². The molecule has 5 nitrogen and oxygen atoms in total. The van der Waals surface area contributed by atoms with E-state index < -0.39 is 17.5 Å². The van der Waals surface area contributed by atoms with Crippen molar-refractivity contribution in [1.82, 2.24) is 10.2 Å². The first-order valence-corrected chi connectivity index (χ1v) is 7.63. The maximum Gasteiger partial charge on any atom is 0.289 e. The molecular weight excluding hydrogens is 318 g/mol. The third-order valence-corrected chi connectivity index (χ3v) is 4.02. The van der Waals surface area contributed by atoms with Gasteiger partial charge in [0.05, 0.1) is 11.8 Å². The molecule has 0 aliphatic carbocycles. The van der Waals surface area contributed by atoms with Crippen LogP contribution in [-0.2, 0) is 0 Å². The normalized spacial score (nSPS) is 15.3. The zero-order valence-corrected chi connectivity index (χ0v) is 12.8. The Morgan fingerprint density at radius 3 is 2.58 bits per heavy atom. The van der Waals surface area contributed by atoms with E-state index in [2.05, 4.69) is 5.32 Å². The summed E-state index contributed by atoms with van der Waals surface area (Å²) in [7, 11) is 0. The lowest BCUT2D eigenvalue weighted by Crippen LogP contribution is -2.46. The summed E-state index contributed by atoms with van der Waals surface area (Å²) in [6.45, 7) is 0.909. The van der Waals surface area contributed by atoms with Crippen LogP contribution in [0, 0.1) is 11.6 Å². The Morgan fingerprint density at radius 1 is 1.17 bits per heavy atom. The van der Waals surface area contributed by atoms with Gasteiger partial charge in [-0.05, 0) is 43.2 Å². The molecule has 2 amide bonds. The van der Waals surface area contributed by atoms with Crippen LogP contribution >= 0.6 is 0 Å². The number of benzene rings is 1. The van der Waals surface area contributed by atoms with Gasteiger partial charge in [-0.3, -0.25) is 9.59 Å². The summed E-state index contributed by atoms with van der Waals surface area (Å²) >= 11 is 0. The topological polar surface area (TPSA) is 62.6 Å². The number of carbonyl (C=O) groups excluding carboxylic acids is 2. The molecule has 7 heteroatoms. The first kappa shape index (κ1) is 16.2. The molecule has 1 aliphatic rings. The van der Waals surface area contributed by atoms with Gasteiger partial charge in [0.1, 0.15) is 11.6 Å². The maximum atomic E-state index is 13.6. The summed E-state index contributed by atoms with van der Waals surface area (Å²) in [5.41, 5.74) is -0.316. The first-order valence-electron chi connectivity index (χ1n) is 7.63. The van der Waals surface area contributed by atoms with Crippen molar-refractivity contribution in [2.24, 2.45) is 0 Å². The summed E-state index contributed by atoms with van der Waals surface area (Å²) in [6, 6.07) is 5.82. The Labute approximate surface area is 137 Å². The number of carbonyl (C=O) groups is 2. The molecule has 1 aliphatic heterocycles. The fraction of sp³-hybridized carbons (Fsp3) is 0.294. The molecule has 24 heavy (non-hydrogen) atoms. The lowest BCUT2D eigenvalue weighted by molar-refractivity contribution is 0.0667. The van der Waals surface area contributed by atoms with Gasteiger partial charge < -0.3 is 14.6 Å². The smallest absolute Gasteiger partial charge is 0.289 e. The number of likely N-dealkylation sites (tertiary alicyclic amines) is 1. The predicted molar refractivity (Wildman–Crippen MR) is 81.5 cm³/mol. The number of furan rings is 1. The molecule has 0 unspecified atom stereocenters. The van der Waals surface area contributed by atoms with Crippen molar-refractivity contribution in [2.45, 2.75) is 18.9 Å². The van der Waals surface area contributed by atoms with Crippen LogP contribution in [0.4, 0.5) is 8.78 Å². The van der Waals surface area contributed by atoms with Gasteiger partial charge >= 0.3 is 0 Å². The van der Waals surface area contributed by atoms with Gasteiger partial charge in [-0.15, -0.1) is 0 Å².